The van der Waals surface area contributed by atoms with Crippen LogP contribution in [0.4, 0.5) is 0 Å². The van der Waals surface area contributed by atoms with Crippen molar-refractivity contribution in [1.29, 1.82) is 0 Å². The molecule has 0 aliphatic heterocycles. The molecule has 4 nitrogen and oxygen atoms in total. The van der Waals surface area contributed by atoms with Gasteiger partial charge in [0, 0.05) is 29.5 Å². The largest absolute Gasteiger partial charge is 0.356 e. The molecule has 0 atom stereocenters. The second-order valence-corrected chi connectivity index (χ2v) is 5.97. The van der Waals surface area contributed by atoms with Crippen molar-refractivity contribution in [3.63, 3.8) is 0 Å². The molecule has 0 unspecified atom stereocenters. The van der Waals surface area contributed by atoms with Crippen molar-refractivity contribution in [3.05, 3.63) is 33.8 Å². The molecule has 0 aromatic heterocycles. The number of rotatable bonds is 6. The third kappa shape index (κ3) is 5.33. The number of carbonyl (C=O) groups is 2. The molecule has 2 amide bonds. The highest BCUT2D eigenvalue weighted by atomic mass is 79.9. The van der Waals surface area contributed by atoms with Crippen LogP contribution in [0.5, 0.6) is 0 Å². The van der Waals surface area contributed by atoms with Crippen molar-refractivity contribution in [2.75, 3.05) is 13.1 Å². The highest BCUT2D eigenvalue weighted by molar-refractivity contribution is 9.10. The fourth-order valence-corrected chi connectivity index (χ4v) is 2.01. The maximum atomic E-state index is 12.0. The summed E-state index contributed by atoms with van der Waals surface area (Å²) in [5, 5.41) is 5.58. The SMILES string of the molecule is Cc1c(Br)cccc1C(=O)NCCC(=O)NCC(C)C. The van der Waals surface area contributed by atoms with Crippen LogP contribution in [-0.2, 0) is 4.79 Å². The highest BCUT2D eigenvalue weighted by Gasteiger charge is 2.10. The summed E-state index contributed by atoms with van der Waals surface area (Å²) >= 11 is 3.40. The minimum Gasteiger partial charge on any atom is -0.356 e. The van der Waals surface area contributed by atoms with E-state index in [2.05, 4.69) is 26.6 Å². The molecule has 1 aromatic rings. The van der Waals surface area contributed by atoms with Gasteiger partial charge in [-0.05, 0) is 30.5 Å². The normalized spacial score (nSPS) is 10.4. The zero-order valence-electron chi connectivity index (χ0n) is 12.1. The molecule has 0 aliphatic rings. The fraction of sp³-hybridized carbons (Fsp3) is 0.467. The number of carbonyl (C=O) groups excluding carboxylic acids is 2. The summed E-state index contributed by atoms with van der Waals surface area (Å²) in [6, 6.07) is 5.49. The summed E-state index contributed by atoms with van der Waals surface area (Å²) in [7, 11) is 0. The van der Waals surface area contributed by atoms with Gasteiger partial charge in [-0.25, -0.2) is 0 Å². The average Bonchev–Trinajstić information content (AvgIpc) is 2.39. The van der Waals surface area contributed by atoms with Crippen LogP contribution in [0.3, 0.4) is 0 Å². The smallest absolute Gasteiger partial charge is 0.251 e. The topological polar surface area (TPSA) is 58.2 Å². The Kier molecular flexibility index (Phi) is 6.71. The second-order valence-electron chi connectivity index (χ2n) is 5.12. The van der Waals surface area contributed by atoms with Crippen LogP contribution >= 0.6 is 15.9 Å². The molecular weight excluding hydrogens is 320 g/mol. The van der Waals surface area contributed by atoms with Crippen LogP contribution in [0.2, 0.25) is 0 Å². The van der Waals surface area contributed by atoms with Crippen LogP contribution in [0, 0.1) is 12.8 Å². The predicted molar refractivity (Wildman–Crippen MR) is 83.7 cm³/mol. The summed E-state index contributed by atoms with van der Waals surface area (Å²) < 4.78 is 0.903. The van der Waals surface area contributed by atoms with Gasteiger partial charge in [0.1, 0.15) is 0 Å². The molecule has 20 heavy (non-hydrogen) atoms. The van der Waals surface area contributed by atoms with Crippen molar-refractivity contribution in [2.45, 2.75) is 27.2 Å². The molecule has 0 spiro atoms. The van der Waals surface area contributed by atoms with Crippen molar-refractivity contribution < 1.29 is 9.59 Å². The van der Waals surface area contributed by atoms with E-state index >= 15 is 0 Å². The molecule has 0 heterocycles. The van der Waals surface area contributed by atoms with E-state index < -0.39 is 0 Å². The Morgan fingerprint density at radius 1 is 1.25 bits per heavy atom. The minimum atomic E-state index is -0.152. The van der Waals surface area contributed by atoms with Crippen molar-refractivity contribution >= 4 is 27.7 Å². The number of hydrogen-bond acceptors (Lipinski definition) is 2. The number of hydrogen-bond donors (Lipinski definition) is 2. The van der Waals surface area contributed by atoms with E-state index in [1.807, 2.05) is 32.9 Å². The first-order chi connectivity index (χ1) is 9.41. The average molecular weight is 341 g/mol. The first-order valence-corrected chi connectivity index (χ1v) is 7.51. The lowest BCUT2D eigenvalue weighted by atomic mass is 10.1. The van der Waals surface area contributed by atoms with Gasteiger partial charge < -0.3 is 10.6 Å². The zero-order chi connectivity index (χ0) is 15.1. The molecule has 0 fully saturated rings. The lowest BCUT2D eigenvalue weighted by molar-refractivity contribution is -0.121. The molecule has 1 rings (SSSR count). The molecule has 0 bridgehead atoms. The second kappa shape index (κ2) is 8.04. The van der Waals surface area contributed by atoms with Gasteiger partial charge in [0.05, 0.1) is 0 Å². The Hall–Kier alpha value is -1.36. The van der Waals surface area contributed by atoms with Gasteiger partial charge in [0.25, 0.3) is 5.91 Å². The maximum Gasteiger partial charge on any atom is 0.251 e. The Morgan fingerprint density at radius 3 is 2.60 bits per heavy atom. The number of benzene rings is 1. The molecule has 0 radical (unpaired) electrons. The van der Waals surface area contributed by atoms with E-state index in [-0.39, 0.29) is 11.8 Å². The van der Waals surface area contributed by atoms with Crippen LogP contribution in [-0.4, -0.2) is 24.9 Å². The van der Waals surface area contributed by atoms with Gasteiger partial charge in [-0.3, -0.25) is 9.59 Å². The maximum absolute atomic E-state index is 12.0. The number of nitrogens with one attached hydrogen (secondary N) is 2. The molecule has 110 valence electrons. The quantitative estimate of drug-likeness (QED) is 0.836. The lowest BCUT2D eigenvalue weighted by Crippen LogP contribution is -2.32. The molecule has 1 aromatic carbocycles. The van der Waals surface area contributed by atoms with Gasteiger partial charge in [-0.2, -0.15) is 0 Å². The van der Waals surface area contributed by atoms with Crippen molar-refractivity contribution in [3.8, 4) is 0 Å². The number of halogens is 1. The monoisotopic (exact) mass is 340 g/mol. The van der Waals surface area contributed by atoms with E-state index in [1.165, 1.54) is 0 Å². The summed E-state index contributed by atoms with van der Waals surface area (Å²) in [4.78, 5) is 23.5. The molecule has 0 aliphatic carbocycles. The Morgan fingerprint density at radius 2 is 1.95 bits per heavy atom. The molecule has 0 saturated heterocycles. The first-order valence-electron chi connectivity index (χ1n) is 6.71. The van der Waals surface area contributed by atoms with E-state index in [0.29, 0.717) is 31.0 Å². The van der Waals surface area contributed by atoms with Crippen molar-refractivity contribution in [1.82, 2.24) is 10.6 Å². The molecule has 0 saturated carbocycles. The molecule has 5 heteroatoms. The lowest BCUT2D eigenvalue weighted by Gasteiger charge is -2.10. The van der Waals surface area contributed by atoms with Crippen LogP contribution in [0.15, 0.2) is 22.7 Å². The summed E-state index contributed by atoms with van der Waals surface area (Å²) in [6.45, 7) is 6.97. The van der Waals surface area contributed by atoms with Gasteiger partial charge in [-0.15, -0.1) is 0 Å². The van der Waals surface area contributed by atoms with Gasteiger partial charge in [0.2, 0.25) is 5.91 Å². The van der Waals surface area contributed by atoms with Gasteiger partial charge >= 0.3 is 0 Å². The Labute approximate surface area is 128 Å². The Balaban J connectivity index is 2.40. The summed E-state index contributed by atoms with van der Waals surface area (Å²) in [5.41, 5.74) is 1.52. The standard InChI is InChI=1S/C15H21BrN2O2/c1-10(2)9-18-14(19)7-8-17-15(20)12-5-4-6-13(16)11(12)3/h4-6,10H,7-9H2,1-3H3,(H,17,20)(H,18,19). The van der Waals surface area contributed by atoms with Gasteiger partial charge in [0.15, 0.2) is 0 Å². The van der Waals surface area contributed by atoms with Crippen LogP contribution in [0.1, 0.15) is 36.2 Å². The zero-order valence-corrected chi connectivity index (χ0v) is 13.7. The third-order valence-electron chi connectivity index (χ3n) is 2.86. The first kappa shape index (κ1) is 16.7. The predicted octanol–water partition coefficient (Wildman–Crippen LogP) is 2.65. The summed E-state index contributed by atoms with van der Waals surface area (Å²) in [5.74, 6) is 0.239. The fourth-order valence-electron chi connectivity index (χ4n) is 1.64. The van der Waals surface area contributed by atoms with Crippen molar-refractivity contribution in [2.24, 2.45) is 5.92 Å². The Bertz CT molecular complexity index is 487. The van der Waals surface area contributed by atoms with Crippen LogP contribution < -0.4 is 10.6 Å². The van der Waals surface area contributed by atoms with Crippen LogP contribution in [0.25, 0.3) is 0 Å². The highest BCUT2D eigenvalue weighted by Crippen LogP contribution is 2.19. The summed E-state index contributed by atoms with van der Waals surface area (Å²) in [6.07, 6.45) is 0.297. The number of amides is 2. The minimum absolute atomic E-state index is 0.0371. The van der Waals surface area contributed by atoms with Gasteiger partial charge in [-0.1, -0.05) is 35.8 Å². The van der Waals surface area contributed by atoms with E-state index in [4.69, 9.17) is 0 Å². The van der Waals surface area contributed by atoms with E-state index in [1.54, 1.807) is 6.07 Å². The third-order valence-corrected chi connectivity index (χ3v) is 3.72. The molecule has 2 N–H and O–H groups in total. The van der Waals surface area contributed by atoms with E-state index in [0.717, 1.165) is 10.0 Å². The van der Waals surface area contributed by atoms with E-state index in [9.17, 15) is 9.59 Å². The molecular formula is C15H21BrN2O2.